The highest BCUT2D eigenvalue weighted by Gasteiger charge is 2.28. The lowest BCUT2D eigenvalue weighted by Crippen LogP contribution is -2.41. The largest absolute Gasteiger partial charge is 0.342 e. The summed E-state index contributed by atoms with van der Waals surface area (Å²) in [5.74, 6) is 0.628. The molecule has 2 heterocycles. The number of benzene rings is 1. The number of nitrogens with zero attached hydrogens (tertiary/aromatic N) is 2. The third-order valence-corrected chi connectivity index (χ3v) is 8.18. The summed E-state index contributed by atoms with van der Waals surface area (Å²) in [5.41, 5.74) is 2.44. The van der Waals surface area contributed by atoms with E-state index in [0.717, 1.165) is 17.8 Å². The van der Waals surface area contributed by atoms with Crippen molar-refractivity contribution in [2.24, 2.45) is 5.92 Å². The number of nitrogens with one attached hydrogen (secondary N) is 1. The van der Waals surface area contributed by atoms with Crippen molar-refractivity contribution in [1.82, 2.24) is 15.1 Å². The number of rotatable bonds is 5. The fourth-order valence-corrected chi connectivity index (χ4v) is 6.32. The van der Waals surface area contributed by atoms with Crippen molar-refractivity contribution in [3.05, 3.63) is 56.9 Å². The lowest BCUT2D eigenvalue weighted by Gasteiger charge is -2.26. The van der Waals surface area contributed by atoms with Gasteiger partial charge in [-0.1, -0.05) is 76.4 Å². The number of carbonyl (C=O) groups excluding carboxylic acids is 1. The molecule has 1 N–H and O–H groups in total. The summed E-state index contributed by atoms with van der Waals surface area (Å²) in [5, 5.41) is 8.05. The zero-order valence-corrected chi connectivity index (χ0v) is 18.8. The maximum absolute atomic E-state index is 13.2. The van der Waals surface area contributed by atoms with Crippen LogP contribution in [0, 0.1) is 9.49 Å². The van der Waals surface area contributed by atoms with E-state index in [1.807, 2.05) is 32.0 Å². The average molecular weight is 489 g/mol. The van der Waals surface area contributed by atoms with Crippen molar-refractivity contribution in [2.75, 3.05) is 0 Å². The maximum atomic E-state index is 13.2. The molecule has 0 atom stereocenters. The Hall–Kier alpha value is -1.76. The maximum Gasteiger partial charge on any atom is 0.273 e. The Bertz CT molecular complexity index is 905. The Kier molecular flexibility index (Phi) is 5.80. The summed E-state index contributed by atoms with van der Waals surface area (Å²) >= 11 is -0.318. The zero-order valence-electron chi connectivity index (χ0n) is 16.6. The molecule has 0 bridgehead atoms. The van der Waals surface area contributed by atoms with Crippen LogP contribution >= 0.6 is 20.7 Å². The molecule has 1 amide bonds. The molecule has 2 aromatic rings. The standard InChI is InChI=1S/C23H28IN3O/c1-23(2,18-12-7-4-8-13-18)25-22(28)21-20-19(14-9-15-24-20)27(26-21)16-17-10-5-3-6-11-17/h4,7-9,12-15,17H,3,5-6,10-11,16H2,1-2H3,(H,25,28). The van der Waals surface area contributed by atoms with Crippen LogP contribution in [0.2, 0.25) is 0 Å². The van der Waals surface area contributed by atoms with Crippen LogP contribution in [0.3, 0.4) is 0 Å². The number of halogens is 1. The second-order valence-corrected chi connectivity index (χ2v) is 10.7. The van der Waals surface area contributed by atoms with Crippen LogP contribution in [-0.4, -0.2) is 19.7 Å². The van der Waals surface area contributed by atoms with Gasteiger partial charge in [0.15, 0.2) is 5.69 Å². The number of carbonyl (C=O) groups is 1. The number of aromatic nitrogens is 2. The average Bonchev–Trinajstić information content (AvgIpc) is 3.08. The van der Waals surface area contributed by atoms with Gasteiger partial charge in [0, 0.05) is 6.54 Å². The predicted molar refractivity (Wildman–Crippen MR) is 124 cm³/mol. The van der Waals surface area contributed by atoms with Crippen LogP contribution < -0.4 is 5.32 Å². The number of amides is 1. The third-order valence-electron chi connectivity index (χ3n) is 5.72. The second-order valence-electron chi connectivity index (χ2n) is 8.27. The van der Waals surface area contributed by atoms with E-state index in [-0.39, 0.29) is 26.6 Å². The SMILES string of the molecule is CC(C)(NC(=O)c1nn(CC2CCCCC2)c2c1I=CC=C2)c1ccccc1. The number of fused-ring (bicyclic) bond motifs is 1. The molecule has 0 radical (unpaired) electrons. The zero-order chi connectivity index (χ0) is 19.6. The van der Waals surface area contributed by atoms with Crippen LogP contribution in [0.25, 0.3) is 6.08 Å². The van der Waals surface area contributed by atoms with E-state index in [0.29, 0.717) is 11.6 Å². The van der Waals surface area contributed by atoms with Crippen molar-refractivity contribution in [2.45, 2.75) is 58.0 Å². The number of allylic oxidation sites excluding steroid dienone is 1. The highest BCUT2D eigenvalue weighted by Crippen LogP contribution is 2.30. The van der Waals surface area contributed by atoms with Crippen molar-refractivity contribution < 1.29 is 4.79 Å². The van der Waals surface area contributed by atoms with E-state index >= 15 is 0 Å². The van der Waals surface area contributed by atoms with Crippen molar-refractivity contribution >= 4 is 36.7 Å². The van der Waals surface area contributed by atoms with Gasteiger partial charge in [0.25, 0.3) is 5.91 Å². The van der Waals surface area contributed by atoms with Gasteiger partial charge in [-0.2, -0.15) is 5.10 Å². The van der Waals surface area contributed by atoms with Crippen molar-refractivity contribution in [3.8, 4) is 0 Å². The van der Waals surface area contributed by atoms with Gasteiger partial charge in [-0.25, -0.2) is 0 Å². The normalized spacial score (nSPS) is 17.1. The smallest absolute Gasteiger partial charge is 0.273 e. The minimum atomic E-state index is -0.440. The molecule has 4 nitrogen and oxygen atoms in total. The quantitative estimate of drug-likeness (QED) is 0.595. The number of hydrogen-bond donors (Lipinski definition) is 1. The molecule has 1 saturated carbocycles. The third kappa shape index (κ3) is 4.14. The summed E-state index contributed by atoms with van der Waals surface area (Å²) in [6.07, 6.45) is 10.8. The van der Waals surface area contributed by atoms with Gasteiger partial charge in [0.1, 0.15) is 0 Å². The molecule has 0 spiro atoms. The molecular formula is C23H28IN3O. The minimum Gasteiger partial charge on any atom is -0.342 e. The second kappa shape index (κ2) is 8.31. The summed E-state index contributed by atoms with van der Waals surface area (Å²) in [6.45, 7) is 5.03. The molecule has 2 aliphatic rings. The van der Waals surface area contributed by atoms with Crippen LogP contribution in [0.4, 0.5) is 0 Å². The Morgan fingerprint density at radius 1 is 1.21 bits per heavy atom. The molecule has 1 aliphatic carbocycles. The highest BCUT2D eigenvalue weighted by atomic mass is 127. The van der Waals surface area contributed by atoms with Gasteiger partial charge < -0.3 is 5.32 Å². The Morgan fingerprint density at radius 2 is 1.96 bits per heavy atom. The summed E-state index contributed by atoms with van der Waals surface area (Å²) in [7, 11) is 0. The van der Waals surface area contributed by atoms with E-state index in [1.54, 1.807) is 0 Å². The van der Waals surface area contributed by atoms with Gasteiger partial charge in [0.05, 0.1) is 14.8 Å². The topological polar surface area (TPSA) is 46.9 Å². The molecule has 1 aromatic heterocycles. The van der Waals surface area contributed by atoms with Crippen LogP contribution in [-0.2, 0) is 12.1 Å². The van der Waals surface area contributed by atoms with Gasteiger partial charge in [0.2, 0.25) is 0 Å². The fourth-order valence-electron chi connectivity index (χ4n) is 4.12. The predicted octanol–water partition coefficient (Wildman–Crippen LogP) is 5.10. The van der Waals surface area contributed by atoms with Crippen LogP contribution in [0.1, 0.15) is 67.7 Å². The summed E-state index contributed by atoms with van der Waals surface area (Å²) in [6, 6.07) is 10.1. The van der Waals surface area contributed by atoms with Crippen molar-refractivity contribution in [1.29, 1.82) is 0 Å². The lowest BCUT2D eigenvalue weighted by atomic mass is 9.89. The first kappa shape index (κ1) is 19.6. The minimum absolute atomic E-state index is 0.0594. The molecule has 0 unspecified atom stereocenters. The molecule has 148 valence electrons. The molecule has 28 heavy (non-hydrogen) atoms. The van der Waals surface area contributed by atoms with Crippen LogP contribution in [0.5, 0.6) is 0 Å². The molecule has 5 heteroatoms. The molecule has 1 aliphatic heterocycles. The molecule has 0 saturated heterocycles. The van der Waals surface area contributed by atoms with Gasteiger partial charge in [-0.15, -0.1) is 0 Å². The van der Waals surface area contributed by atoms with E-state index < -0.39 is 5.54 Å². The molecule has 4 rings (SSSR count). The highest BCUT2D eigenvalue weighted by molar-refractivity contribution is 14.2. The first-order chi connectivity index (χ1) is 13.5. The van der Waals surface area contributed by atoms with E-state index in [1.165, 1.54) is 35.7 Å². The van der Waals surface area contributed by atoms with Gasteiger partial charge >= 0.3 is 0 Å². The monoisotopic (exact) mass is 489 g/mol. The fraction of sp³-hybridized carbons (Fsp3) is 0.435. The van der Waals surface area contributed by atoms with Crippen molar-refractivity contribution in [3.63, 3.8) is 0 Å². The van der Waals surface area contributed by atoms with E-state index in [4.69, 9.17) is 5.10 Å². The Morgan fingerprint density at radius 3 is 2.71 bits per heavy atom. The molecular weight excluding hydrogens is 461 g/mol. The first-order valence-electron chi connectivity index (χ1n) is 10.2. The summed E-state index contributed by atoms with van der Waals surface area (Å²) < 4.78 is 5.49. The van der Waals surface area contributed by atoms with Gasteiger partial charge in [-0.3, -0.25) is 9.48 Å². The lowest BCUT2D eigenvalue weighted by molar-refractivity contribution is 0.0904. The van der Waals surface area contributed by atoms with Gasteiger partial charge in [-0.05, 0) is 48.3 Å². The molecule has 1 aromatic carbocycles. The number of hydrogen-bond acceptors (Lipinski definition) is 2. The molecule has 1 fully saturated rings. The summed E-state index contributed by atoms with van der Waals surface area (Å²) in [4.78, 5) is 13.2. The Labute approximate surface area is 177 Å². The Balaban J connectivity index is 1.59. The van der Waals surface area contributed by atoms with E-state index in [2.05, 4.69) is 38.3 Å². The van der Waals surface area contributed by atoms with Crippen LogP contribution in [0.15, 0.2) is 36.4 Å². The van der Waals surface area contributed by atoms with E-state index in [9.17, 15) is 4.79 Å². The first-order valence-corrected chi connectivity index (χ1v) is 12.5.